The van der Waals surface area contributed by atoms with Crippen LogP contribution in [0, 0.1) is 5.92 Å². The van der Waals surface area contributed by atoms with Gasteiger partial charge in [0.25, 0.3) is 0 Å². The van der Waals surface area contributed by atoms with Crippen LogP contribution in [-0.4, -0.2) is 19.0 Å². The van der Waals surface area contributed by atoms with E-state index < -0.39 is 0 Å². The van der Waals surface area contributed by atoms with Gasteiger partial charge in [-0.2, -0.15) is 0 Å². The highest BCUT2D eigenvalue weighted by atomic mass is 16.2. The Kier molecular flexibility index (Phi) is 3.99. The molecule has 0 spiro atoms. The predicted octanol–water partition coefficient (Wildman–Crippen LogP) is 1.02. The molecule has 0 saturated heterocycles. The summed E-state index contributed by atoms with van der Waals surface area (Å²) >= 11 is 0. The zero-order valence-electron chi connectivity index (χ0n) is 10.9. The maximum Gasteiger partial charge on any atom is 0.231 e. The molecule has 1 atom stereocenters. The molecule has 1 aliphatic heterocycles. The van der Waals surface area contributed by atoms with E-state index in [1.54, 1.807) is 0 Å². The Bertz CT molecular complexity index is 445. The second-order valence-electron chi connectivity index (χ2n) is 5.02. The first-order chi connectivity index (χ1) is 8.65. The molecule has 0 radical (unpaired) electrons. The first kappa shape index (κ1) is 13.1. The molecule has 0 bridgehead atoms. The molecule has 0 fully saturated rings. The third kappa shape index (κ3) is 2.54. The van der Waals surface area contributed by atoms with Crippen molar-refractivity contribution < 1.29 is 4.79 Å². The highest BCUT2D eigenvalue weighted by molar-refractivity contribution is 6.01. The summed E-state index contributed by atoms with van der Waals surface area (Å²) in [5.41, 5.74) is 14.4. The summed E-state index contributed by atoms with van der Waals surface area (Å²) in [4.78, 5) is 13.9. The van der Waals surface area contributed by atoms with Crippen molar-refractivity contribution in [1.82, 2.24) is 0 Å². The van der Waals surface area contributed by atoms with Crippen LogP contribution in [0.2, 0.25) is 0 Å². The zero-order chi connectivity index (χ0) is 13.1. The van der Waals surface area contributed by atoms with Gasteiger partial charge in [-0.3, -0.25) is 4.79 Å². The Morgan fingerprint density at radius 3 is 2.83 bits per heavy atom. The number of rotatable bonds is 5. The molecule has 0 saturated carbocycles. The van der Waals surface area contributed by atoms with Gasteiger partial charge in [0.2, 0.25) is 5.91 Å². The number of fused-ring (bicyclic) bond motifs is 1. The van der Waals surface area contributed by atoms with E-state index in [9.17, 15) is 4.79 Å². The number of carbonyl (C=O) groups excluding carboxylic acids is 1. The molecule has 0 aromatic heterocycles. The van der Waals surface area contributed by atoms with Crippen molar-refractivity contribution in [2.45, 2.75) is 26.3 Å². The van der Waals surface area contributed by atoms with Gasteiger partial charge in [0.05, 0.1) is 6.42 Å². The lowest BCUT2D eigenvalue weighted by molar-refractivity contribution is -0.117. The van der Waals surface area contributed by atoms with Crippen molar-refractivity contribution >= 4 is 11.6 Å². The van der Waals surface area contributed by atoms with Gasteiger partial charge in [-0.1, -0.05) is 19.1 Å². The summed E-state index contributed by atoms with van der Waals surface area (Å²) in [6.45, 7) is 4.05. The van der Waals surface area contributed by atoms with E-state index in [4.69, 9.17) is 11.5 Å². The minimum absolute atomic E-state index is 0.184. The van der Waals surface area contributed by atoms with E-state index in [0.717, 1.165) is 29.8 Å². The van der Waals surface area contributed by atoms with E-state index in [-0.39, 0.29) is 5.91 Å². The molecule has 1 amide bonds. The van der Waals surface area contributed by atoms with Crippen LogP contribution in [0.4, 0.5) is 5.69 Å². The third-order valence-electron chi connectivity index (χ3n) is 3.56. The molecule has 18 heavy (non-hydrogen) atoms. The Balaban J connectivity index is 2.13. The maximum absolute atomic E-state index is 12.0. The van der Waals surface area contributed by atoms with Crippen LogP contribution in [0.1, 0.15) is 24.5 Å². The predicted molar refractivity (Wildman–Crippen MR) is 73.2 cm³/mol. The standard InChI is InChI=1S/C14H21N3O/c1-10(8-15)4-5-17-13-3-2-11(9-16)6-12(13)7-14(17)18/h2-3,6,10H,4-5,7-9,15-16H2,1H3. The van der Waals surface area contributed by atoms with E-state index in [1.165, 1.54) is 0 Å². The number of hydrogen-bond donors (Lipinski definition) is 2. The number of nitrogens with two attached hydrogens (primary N) is 2. The fourth-order valence-electron chi connectivity index (χ4n) is 2.28. The van der Waals surface area contributed by atoms with Gasteiger partial charge in [-0.15, -0.1) is 0 Å². The van der Waals surface area contributed by atoms with Crippen LogP contribution >= 0.6 is 0 Å². The number of amides is 1. The molecule has 2 rings (SSSR count). The number of anilines is 1. The Hall–Kier alpha value is -1.39. The average molecular weight is 247 g/mol. The van der Waals surface area contributed by atoms with Crippen LogP contribution in [0.15, 0.2) is 18.2 Å². The summed E-state index contributed by atoms with van der Waals surface area (Å²) in [6, 6.07) is 6.05. The highest BCUT2D eigenvalue weighted by Crippen LogP contribution is 2.30. The normalized spacial score (nSPS) is 15.9. The molecule has 1 aromatic rings. The maximum atomic E-state index is 12.0. The third-order valence-corrected chi connectivity index (χ3v) is 3.56. The lowest BCUT2D eigenvalue weighted by Gasteiger charge is -2.19. The van der Waals surface area contributed by atoms with Crippen LogP contribution in [-0.2, 0) is 17.8 Å². The van der Waals surface area contributed by atoms with Gasteiger partial charge in [-0.25, -0.2) is 0 Å². The topological polar surface area (TPSA) is 72.3 Å². The summed E-state index contributed by atoms with van der Waals surface area (Å²) < 4.78 is 0. The van der Waals surface area contributed by atoms with Crippen molar-refractivity contribution in [3.63, 3.8) is 0 Å². The number of nitrogens with zero attached hydrogens (tertiary/aromatic N) is 1. The fraction of sp³-hybridized carbons (Fsp3) is 0.500. The van der Waals surface area contributed by atoms with Gasteiger partial charge in [0.1, 0.15) is 0 Å². The molecule has 1 heterocycles. The Labute approximate surface area is 108 Å². The SMILES string of the molecule is CC(CN)CCN1C(=O)Cc2cc(CN)ccc21. The van der Waals surface area contributed by atoms with Crippen molar-refractivity contribution in [2.75, 3.05) is 18.0 Å². The first-order valence-electron chi connectivity index (χ1n) is 6.48. The molecule has 1 unspecified atom stereocenters. The highest BCUT2D eigenvalue weighted by Gasteiger charge is 2.27. The van der Waals surface area contributed by atoms with Gasteiger partial charge >= 0.3 is 0 Å². The largest absolute Gasteiger partial charge is 0.330 e. The Morgan fingerprint density at radius 2 is 2.17 bits per heavy atom. The lowest BCUT2D eigenvalue weighted by Crippen LogP contribution is -2.29. The van der Waals surface area contributed by atoms with Crippen LogP contribution in [0.3, 0.4) is 0 Å². The quantitative estimate of drug-likeness (QED) is 0.816. The van der Waals surface area contributed by atoms with Gasteiger partial charge < -0.3 is 16.4 Å². The Morgan fingerprint density at radius 1 is 1.39 bits per heavy atom. The molecular formula is C14H21N3O. The van der Waals surface area contributed by atoms with Crippen molar-refractivity contribution in [3.8, 4) is 0 Å². The average Bonchev–Trinajstić information content (AvgIpc) is 2.70. The summed E-state index contributed by atoms with van der Waals surface area (Å²) in [5, 5.41) is 0. The molecule has 4 N–H and O–H groups in total. The van der Waals surface area contributed by atoms with E-state index >= 15 is 0 Å². The molecular weight excluding hydrogens is 226 g/mol. The van der Waals surface area contributed by atoms with Crippen LogP contribution < -0.4 is 16.4 Å². The fourth-order valence-corrected chi connectivity index (χ4v) is 2.28. The molecule has 98 valence electrons. The molecule has 1 aliphatic rings. The van der Waals surface area contributed by atoms with Crippen molar-refractivity contribution in [1.29, 1.82) is 0 Å². The molecule has 0 aliphatic carbocycles. The minimum atomic E-state index is 0.184. The zero-order valence-corrected chi connectivity index (χ0v) is 10.9. The number of carbonyl (C=O) groups is 1. The smallest absolute Gasteiger partial charge is 0.231 e. The molecule has 4 nitrogen and oxygen atoms in total. The van der Waals surface area contributed by atoms with E-state index in [0.29, 0.717) is 25.4 Å². The second kappa shape index (κ2) is 5.50. The van der Waals surface area contributed by atoms with Gasteiger partial charge in [0.15, 0.2) is 0 Å². The van der Waals surface area contributed by atoms with E-state index in [1.807, 2.05) is 23.1 Å². The van der Waals surface area contributed by atoms with Crippen LogP contribution in [0.5, 0.6) is 0 Å². The van der Waals surface area contributed by atoms with E-state index in [2.05, 4.69) is 6.92 Å². The van der Waals surface area contributed by atoms with Crippen molar-refractivity contribution in [3.05, 3.63) is 29.3 Å². The summed E-state index contributed by atoms with van der Waals surface area (Å²) in [5.74, 6) is 0.633. The summed E-state index contributed by atoms with van der Waals surface area (Å²) in [6.07, 6.45) is 1.44. The summed E-state index contributed by atoms with van der Waals surface area (Å²) in [7, 11) is 0. The number of hydrogen-bond acceptors (Lipinski definition) is 3. The molecule has 1 aromatic carbocycles. The second-order valence-corrected chi connectivity index (χ2v) is 5.02. The number of benzene rings is 1. The lowest BCUT2D eigenvalue weighted by atomic mass is 10.1. The van der Waals surface area contributed by atoms with Crippen molar-refractivity contribution in [2.24, 2.45) is 17.4 Å². The minimum Gasteiger partial charge on any atom is -0.330 e. The van der Waals surface area contributed by atoms with Gasteiger partial charge in [0, 0.05) is 18.8 Å². The van der Waals surface area contributed by atoms with Gasteiger partial charge in [-0.05, 0) is 36.1 Å². The van der Waals surface area contributed by atoms with Crippen LogP contribution in [0.25, 0.3) is 0 Å². The monoisotopic (exact) mass is 247 g/mol. The first-order valence-corrected chi connectivity index (χ1v) is 6.48. The molecule has 4 heteroatoms.